The van der Waals surface area contributed by atoms with Crippen molar-refractivity contribution >= 4 is 5.97 Å². The third-order valence-corrected chi connectivity index (χ3v) is 7.05. The molecule has 2 heteroatoms. The predicted octanol–water partition coefficient (Wildman–Crippen LogP) is 5.95. The van der Waals surface area contributed by atoms with Gasteiger partial charge < -0.3 is 4.74 Å². The van der Waals surface area contributed by atoms with Crippen molar-refractivity contribution in [1.29, 1.82) is 0 Å². The highest BCUT2D eigenvalue weighted by Gasteiger charge is 2.59. The van der Waals surface area contributed by atoms with Crippen molar-refractivity contribution in [1.82, 2.24) is 0 Å². The number of rotatable bonds is 3. The van der Waals surface area contributed by atoms with Crippen molar-refractivity contribution in [3.05, 3.63) is 12.2 Å². The van der Waals surface area contributed by atoms with E-state index in [1.807, 2.05) is 0 Å². The highest BCUT2D eigenvalue weighted by Crippen LogP contribution is 2.60. The van der Waals surface area contributed by atoms with Gasteiger partial charge in [0, 0.05) is 11.0 Å². The molecule has 0 aromatic heterocycles. The summed E-state index contributed by atoms with van der Waals surface area (Å²) in [7, 11) is 0. The first-order chi connectivity index (χ1) is 11.1. The number of carbonyl (C=O) groups is 1. The Hall–Kier alpha value is -0.790. The van der Waals surface area contributed by atoms with E-state index in [1.54, 1.807) is 6.92 Å². The average molecular weight is 319 g/mol. The van der Waals surface area contributed by atoms with E-state index in [4.69, 9.17) is 4.74 Å². The molecule has 0 radical (unpaired) electrons. The largest absolute Gasteiger partial charge is 0.455 e. The van der Waals surface area contributed by atoms with Crippen molar-refractivity contribution in [2.24, 2.45) is 11.3 Å². The molecule has 3 rings (SSSR count). The Labute approximate surface area is 142 Å². The number of ether oxygens (including phenoxy) is 1. The minimum absolute atomic E-state index is 0.137. The van der Waals surface area contributed by atoms with Crippen LogP contribution in [0, 0.1) is 11.3 Å². The maximum Gasteiger partial charge on any atom is 0.333 e. The standard InChI is InChI=1S/C21H34O2/c1-17(2)19(22)23-21(18-11-5-3-6-12-18)16-10-9-15-20(21)13-7-4-8-14-20/h18H,1,3-16H2,2H3. The van der Waals surface area contributed by atoms with Gasteiger partial charge in [0.05, 0.1) is 0 Å². The van der Waals surface area contributed by atoms with Crippen molar-refractivity contribution in [2.45, 2.75) is 102 Å². The average Bonchev–Trinajstić information content (AvgIpc) is 2.58. The van der Waals surface area contributed by atoms with Crippen LogP contribution in [0.25, 0.3) is 0 Å². The lowest BCUT2D eigenvalue weighted by Gasteiger charge is -2.58. The van der Waals surface area contributed by atoms with Crippen LogP contribution in [-0.4, -0.2) is 11.6 Å². The third-order valence-electron chi connectivity index (χ3n) is 7.05. The maximum absolute atomic E-state index is 12.6. The second-order valence-corrected chi connectivity index (χ2v) is 8.44. The Morgan fingerprint density at radius 1 is 0.870 bits per heavy atom. The summed E-state index contributed by atoms with van der Waals surface area (Å²) in [5.74, 6) is 0.445. The van der Waals surface area contributed by atoms with Gasteiger partial charge in [-0.3, -0.25) is 0 Å². The molecule has 130 valence electrons. The van der Waals surface area contributed by atoms with Crippen LogP contribution in [-0.2, 0) is 9.53 Å². The van der Waals surface area contributed by atoms with E-state index in [2.05, 4.69) is 6.58 Å². The summed E-state index contributed by atoms with van der Waals surface area (Å²) in [5, 5.41) is 0. The third kappa shape index (κ3) is 3.10. The van der Waals surface area contributed by atoms with Gasteiger partial charge in [-0.2, -0.15) is 0 Å². The second kappa shape index (κ2) is 6.99. The highest BCUT2D eigenvalue weighted by atomic mass is 16.6. The van der Waals surface area contributed by atoms with Gasteiger partial charge in [0.1, 0.15) is 5.60 Å². The van der Waals surface area contributed by atoms with E-state index in [-0.39, 0.29) is 17.0 Å². The Balaban J connectivity index is 1.96. The fourth-order valence-corrected chi connectivity index (χ4v) is 5.93. The molecule has 3 fully saturated rings. The summed E-state index contributed by atoms with van der Waals surface area (Å²) in [6, 6.07) is 0. The van der Waals surface area contributed by atoms with Gasteiger partial charge in [-0.15, -0.1) is 0 Å². The van der Waals surface area contributed by atoms with Crippen LogP contribution in [0.5, 0.6) is 0 Å². The summed E-state index contributed by atoms with van der Waals surface area (Å²) in [5.41, 5.74) is 0.635. The molecule has 0 amide bonds. The van der Waals surface area contributed by atoms with Crippen molar-refractivity contribution in [2.75, 3.05) is 0 Å². The molecule has 0 aliphatic heterocycles. The summed E-state index contributed by atoms with van der Waals surface area (Å²) >= 11 is 0. The minimum atomic E-state index is -0.192. The molecule has 2 nitrogen and oxygen atoms in total. The molecule has 3 aliphatic rings. The molecule has 1 unspecified atom stereocenters. The minimum Gasteiger partial charge on any atom is -0.455 e. The van der Waals surface area contributed by atoms with Gasteiger partial charge >= 0.3 is 5.97 Å². The zero-order valence-electron chi connectivity index (χ0n) is 15.0. The first-order valence-corrected chi connectivity index (χ1v) is 9.99. The fraction of sp³-hybridized carbons (Fsp3) is 0.857. The molecule has 3 saturated carbocycles. The number of hydrogen-bond donors (Lipinski definition) is 0. The van der Waals surface area contributed by atoms with Crippen LogP contribution in [0.15, 0.2) is 12.2 Å². The molecule has 0 saturated heterocycles. The van der Waals surface area contributed by atoms with Gasteiger partial charge in [0.15, 0.2) is 0 Å². The number of carbonyl (C=O) groups excluding carboxylic acids is 1. The van der Waals surface area contributed by atoms with Crippen LogP contribution in [0.1, 0.15) is 96.8 Å². The molecular weight excluding hydrogens is 284 g/mol. The molecule has 0 aromatic carbocycles. The maximum atomic E-state index is 12.6. The molecule has 1 spiro atoms. The van der Waals surface area contributed by atoms with E-state index in [0.29, 0.717) is 11.5 Å². The smallest absolute Gasteiger partial charge is 0.333 e. The van der Waals surface area contributed by atoms with Crippen molar-refractivity contribution < 1.29 is 9.53 Å². The van der Waals surface area contributed by atoms with E-state index in [9.17, 15) is 4.79 Å². The number of esters is 1. The molecule has 1 atom stereocenters. The zero-order valence-corrected chi connectivity index (χ0v) is 15.0. The lowest BCUT2D eigenvalue weighted by molar-refractivity contribution is -0.209. The molecule has 0 N–H and O–H groups in total. The van der Waals surface area contributed by atoms with Crippen LogP contribution >= 0.6 is 0 Å². The molecular formula is C21H34O2. The van der Waals surface area contributed by atoms with Crippen LogP contribution < -0.4 is 0 Å². The Morgan fingerprint density at radius 3 is 2.00 bits per heavy atom. The van der Waals surface area contributed by atoms with Gasteiger partial charge in [-0.05, 0) is 57.8 Å². The van der Waals surface area contributed by atoms with Crippen LogP contribution in [0.3, 0.4) is 0 Å². The normalized spacial score (nSPS) is 31.7. The number of hydrogen-bond acceptors (Lipinski definition) is 2. The van der Waals surface area contributed by atoms with Crippen LogP contribution in [0.4, 0.5) is 0 Å². The van der Waals surface area contributed by atoms with Crippen molar-refractivity contribution in [3.8, 4) is 0 Å². The Kier molecular flexibility index (Phi) is 5.18. The molecule has 0 aromatic rings. The SMILES string of the molecule is C=C(C)C(=O)OC1(C2CCCCC2)CCCCC12CCCCC2. The summed E-state index contributed by atoms with van der Waals surface area (Å²) < 4.78 is 6.43. The van der Waals surface area contributed by atoms with Crippen LogP contribution in [0.2, 0.25) is 0 Å². The monoisotopic (exact) mass is 318 g/mol. The molecule has 23 heavy (non-hydrogen) atoms. The van der Waals surface area contributed by atoms with E-state index in [1.165, 1.54) is 83.5 Å². The fourth-order valence-electron chi connectivity index (χ4n) is 5.93. The summed E-state index contributed by atoms with van der Waals surface area (Å²) in [6.45, 7) is 5.65. The van der Waals surface area contributed by atoms with Gasteiger partial charge in [0.2, 0.25) is 0 Å². The Morgan fingerprint density at radius 2 is 1.39 bits per heavy atom. The van der Waals surface area contributed by atoms with E-state index in [0.717, 1.165) is 6.42 Å². The first kappa shape index (κ1) is 17.0. The van der Waals surface area contributed by atoms with Gasteiger partial charge in [-0.1, -0.05) is 51.5 Å². The molecule has 0 heterocycles. The first-order valence-electron chi connectivity index (χ1n) is 9.99. The predicted molar refractivity (Wildman–Crippen MR) is 94.2 cm³/mol. The quantitative estimate of drug-likeness (QED) is 0.475. The second-order valence-electron chi connectivity index (χ2n) is 8.44. The lowest BCUT2D eigenvalue weighted by atomic mass is 9.51. The van der Waals surface area contributed by atoms with E-state index >= 15 is 0 Å². The zero-order chi connectivity index (χ0) is 16.3. The molecule has 3 aliphatic carbocycles. The summed E-state index contributed by atoms with van der Waals surface area (Å²) in [4.78, 5) is 12.6. The summed E-state index contributed by atoms with van der Waals surface area (Å²) in [6.07, 6.45) is 17.9. The lowest BCUT2D eigenvalue weighted by Crippen LogP contribution is -2.59. The van der Waals surface area contributed by atoms with Gasteiger partial charge in [0.25, 0.3) is 0 Å². The highest BCUT2D eigenvalue weighted by molar-refractivity contribution is 5.87. The van der Waals surface area contributed by atoms with E-state index < -0.39 is 0 Å². The topological polar surface area (TPSA) is 26.3 Å². The van der Waals surface area contributed by atoms with Crippen molar-refractivity contribution in [3.63, 3.8) is 0 Å². The Bertz CT molecular complexity index is 432. The molecule has 0 bridgehead atoms. The van der Waals surface area contributed by atoms with Gasteiger partial charge in [-0.25, -0.2) is 4.79 Å².